The van der Waals surface area contributed by atoms with E-state index >= 15 is 0 Å². The molecule has 1 aliphatic rings. The Morgan fingerprint density at radius 1 is 1.54 bits per heavy atom. The van der Waals surface area contributed by atoms with E-state index in [1.807, 2.05) is 0 Å². The van der Waals surface area contributed by atoms with Gasteiger partial charge in [-0.2, -0.15) is 0 Å². The molecule has 0 spiro atoms. The molecule has 1 aliphatic heterocycles. The van der Waals surface area contributed by atoms with Crippen molar-refractivity contribution in [3.05, 3.63) is 0 Å². The monoisotopic (exact) mass is 184 g/mol. The molecular weight excluding hydrogens is 168 g/mol. The zero-order valence-corrected chi connectivity index (χ0v) is 8.01. The highest BCUT2D eigenvalue weighted by Crippen LogP contribution is 2.05. The Morgan fingerprint density at radius 2 is 2.38 bits per heavy atom. The van der Waals surface area contributed by atoms with E-state index in [2.05, 4.69) is 15.0 Å². The minimum absolute atomic E-state index is 0.231. The lowest BCUT2D eigenvalue weighted by Crippen LogP contribution is -2.30. The Kier molecular flexibility index (Phi) is 4.29. The van der Waals surface area contributed by atoms with Gasteiger partial charge in [-0.3, -0.25) is 9.79 Å². The summed E-state index contributed by atoms with van der Waals surface area (Å²) in [5.74, 6) is 0.704. The van der Waals surface area contributed by atoms with Crippen molar-refractivity contribution < 1.29 is 9.53 Å². The topological polar surface area (TPSA) is 50.7 Å². The second kappa shape index (κ2) is 5.56. The number of esters is 1. The van der Waals surface area contributed by atoms with Gasteiger partial charge in [0.25, 0.3) is 0 Å². The molecule has 0 saturated carbocycles. The predicted octanol–water partition coefficient (Wildman–Crippen LogP) is 0.721. The first-order valence-electron chi connectivity index (χ1n) is 4.67. The smallest absolute Gasteiger partial charge is 0.325 e. The molecule has 0 amide bonds. The summed E-state index contributed by atoms with van der Waals surface area (Å²) in [4.78, 5) is 15.1. The molecule has 1 N–H and O–H groups in total. The normalized spacial score (nSPS) is 17.2. The van der Waals surface area contributed by atoms with Gasteiger partial charge < -0.3 is 10.1 Å². The summed E-state index contributed by atoms with van der Waals surface area (Å²) >= 11 is 0. The van der Waals surface area contributed by atoms with Crippen molar-refractivity contribution in [2.24, 2.45) is 4.99 Å². The van der Waals surface area contributed by atoms with Gasteiger partial charge in [0.15, 0.2) is 0 Å². The third-order valence-corrected chi connectivity index (χ3v) is 2.04. The Labute approximate surface area is 78.4 Å². The van der Waals surface area contributed by atoms with Crippen molar-refractivity contribution in [1.29, 1.82) is 0 Å². The SMILES string of the molecule is COC(=O)CNC1=NCCCCC1. The fourth-order valence-electron chi connectivity index (χ4n) is 1.26. The molecule has 0 aromatic heterocycles. The molecule has 0 aliphatic carbocycles. The van der Waals surface area contributed by atoms with Crippen molar-refractivity contribution in [3.8, 4) is 0 Å². The average molecular weight is 184 g/mol. The van der Waals surface area contributed by atoms with Gasteiger partial charge in [0.1, 0.15) is 6.54 Å². The van der Waals surface area contributed by atoms with E-state index in [9.17, 15) is 4.79 Å². The van der Waals surface area contributed by atoms with Crippen LogP contribution in [0, 0.1) is 0 Å². The molecule has 0 aromatic carbocycles. The van der Waals surface area contributed by atoms with Gasteiger partial charge in [0.2, 0.25) is 0 Å². The van der Waals surface area contributed by atoms with Crippen LogP contribution in [0.15, 0.2) is 4.99 Å². The van der Waals surface area contributed by atoms with Crippen LogP contribution in [0.1, 0.15) is 25.7 Å². The maximum absolute atomic E-state index is 10.8. The Bertz CT molecular complexity index is 202. The number of nitrogens with one attached hydrogen (secondary N) is 1. The van der Waals surface area contributed by atoms with E-state index in [-0.39, 0.29) is 12.5 Å². The highest BCUT2D eigenvalue weighted by molar-refractivity contribution is 5.86. The molecular formula is C9H16N2O2. The molecule has 0 aromatic rings. The Hall–Kier alpha value is -1.06. The lowest BCUT2D eigenvalue weighted by Gasteiger charge is -2.05. The molecule has 1 rings (SSSR count). The highest BCUT2D eigenvalue weighted by atomic mass is 16.5. The number of nitrogens with zero attached hydrogens (tertiary/aromatic N) is 1. The lowest BCUT2D eigenvalue weighted by molar-refractivity contribution is -0.139. The summed E-state index contributed by atoms with van der Waals surface area (Å²) in [5.41, 5.74) is 0. The molecule has 13 heavy (non-hydrogen) atoms. The minimum Gasteiger partial charge on any atom is -0.468 e. The van der Waals surface area contributed by atoms with Crippen molar-refractivity contribution in [3.63, 3.8) is 0 Å². The highest BCUT2D eigenvalue weighted by Gasteiger charge is 2.05. The zero-order chi connectivity index (χ0) is 9.52. The summed E-state index contributed by atoms with van der Waals surface area (Å²) in [6.45, 7) is 1.11. The van der Waals surface area contributed by atoms with E-state index < -0.39 is 0 Å². The van der Waals surface area contributed by atoms with Gasteiger partial charge in [0.05, 0.1) is 12.9 Å². The molecule has 4 nitrogen and oxygen atoms in total. The van der Waals surface area contributed by atoms with Crippen LogP contribution >= 0.6 is 0 Å². The Balaban J connectivity index is 2.26. The molecule has 0 saturated heterocycles. The van der Waals surface area contributed by atoms with Gasteiger partial charge in [-0.1, -0.05) is 6.42 Å². The molecule has 0 unspecified atom stereocenters. The third kappa shape index (κ3) is 3.92. The number of carbonyl (C=O) groups is 1. The van der Waals surface area contributed by atoms with Gasteiger partial charge in [-0.05, 0) is 12.8 Å². The van der Waals surface area contributed by atoms with Gasteiger partial charge in [-0.15, -0.1) is 0 Å². The quantitative estimate of drug-likeness (QED) is 0.643. The van der Waals surface area contributed by atoms with E-state index in [0.717, 1.165) is 31.6 Å². The number of methoxy groups -OCH3 is 1. The van der Waals surface area contributed by atoms with Crippen molar-refractivity contribution in [1.82, 2.24) is 5.32 Å². The molecule has 0 atom stereocenters. The second-order valence-corrected chi connectivity index (χ2v) is 3.07. The van der Waals surface area contributed by atoms with Crippen LogP contribution in [-0.4, -0.2) is 32.0 Å². The number of hydrogen-bond donors (Lipinski definition) is 1. The van der Waals surface area contributed by atoms with Crippen LogP contribution in [0.2, 0.25) is 0 Å². The number of amidine groups is 1. The summed E-state index contributed by atoms with van der Waals surface area (Å²) in [6, 6.07) is 0. The van der Waals surface area contributed by atoms with Crippen LogP contribution in [0.5, 0.6) is 0 Å². The number of ether oxygens (including phenoxy) is 1. The summed E-state index contributed by atoms with van der Waals surface area (Å²) in [6.07, 6.45) is 4.50. The van der Waals surface area contributed by atoms with Crippen molar-refractivity contribution in [2.75, 3.05) is 20.2 Å². The van der Waals surface area contributed by atoms with Gasteiger partial charge in [-0.25, -0.2) is 0 Å². The number of rotatable bonds is 2. The first kappa shape index (κ1) is 10.0. The third-order valence-electron chi connectivity index (χ3n) is 2.04. The van der Waals surface area contributed by atoms with Crippen LogP contribution in [-0.2, 0) is 9.53 Å². The molecule has 1 heterocycles. The number of carbonyl (C=O) groups excluding carboxylic acids is 1. The number of aliphatic imine (C=N–C) groups is 1. The number of hydrogen-bond acceptors (Lipinski definition) is 4. The summed E-state index contributed by atoms with van der Waals surface area (Å²) in [7, 11) is 1.39. The first-order valence-corrected chi connectivity index (χ1v) is 4.67. The molecule has 0 bridgehead atoms. The predicted molar refractivity (Wildman–Crippen MR) is 50.8 cm³/mol. The molecule has 4 heteroatoms. The van der Waals surface area contributed by atoms with Crippen LogP contribution in [0.4, 0.5) is 0 Å². The fraction of sp³-hybridized carbons (Fsp3) is 0.778. The lowest BCUT2D eigenvalue weighted by atomic mass is 10.2. The van der Waals surface area contributed by atoms with E-state index in [4.69, 9.17) is 0 Å². The van der Waals surface area contributed by atoms with E-state index in [0.29, 0.717) is 0 Å². The molecule has 0 fully saturated rings. The maximum Gasteiger partial charge on any atom is 0.325 e. The summed E-state index contributed by atoms with van der Waals surface area (Å²) in [5, 5.41) is 2.99. The standard InChI is InChI=1S/C9H16N2O2/c1-13-9(12)7-11-8-5-3-2-4-6-10-8/h2-7H2,1H3,(H,10,11). The second-order valence-electron chi connectivity index (χ2n) is 3.07. The first-order chi connectivity index (χ1) is 6.33. The van der Waals surface area contributed by atoms with Crippen LogP contribution in [0.25, 0.3) is 0 Å². The molecule has 74 valence electrons. The summed E-state index contributed by atoms with van der Waals surface area (Å²) < 4.78 is 4.52. The Morgan fingerprint density at radius 3 is 3.15 bits per heavy atom. The minimum atomic E-state index is -0.244. The van der Waals surface area contributed by atoms with Crippen molar-refractivity contribution in [2.45, 2.75) is 25.7 Å². The van der Waals surface area contributed by atoms with Crippen molar-refractivity contribution >= 4 is 11.8 Å². The maximum atomic E-state index is 10.8. The van der Waals surface area contributed by atoms with E-state index in [1.54, 1.807) is 0 Å². The van der Waals surface area contributed by atoms with E-state index in [1.165, 1.54) is 13.5 Å². The largest absolute Gasteiger partial charge is 0.468 e. The van der Waals surface area contributed by atoms with Crippen LogP contribution in [0.3, 0.4) is 0 Å². The fourth-order valence-corrected chi connectivity index (χ4v) is 1.26. The molecule has 0 radical (unpaired) electrons. The average Bonchev–Trinajstić information content (AvgIpc) is 2.42. The van der Waals surface area contributed by atoms with Gasteiger partial charge in [0, 0.05) is 13.0 Å². The van der Waals surface area contributed by atoms with Crippen LogP contribution < -0.4 is 5.32 Å². The van der Waals surface area contributed by atoms with Gasteiger partial charge >= 0.3 is 5.97 Å². The zero-order valence-electron chi connectivity index (χ0n) is 8.01.